The van der Waals surface area contributed by atoms with Crippen LogP contribution in [-0.4, -0.2) is 29.7 Å². The quantitative estimate of drug-likeness (QED) is 0.865. The van der Waals surface area contributed by atoms with E-state index in [1.807, 2.05) is 0 Å². The van der Waals surface area contributed by atoms with Crippen LogP contribution in [0.5, 0.6) is 0 Å². The summed E-state index contributed by atoms with van der Waals surface area (Å²) in [5.74, 6) is -0.860. The van der Waals surface area contributed by atoms with Crippen molar-refractivity contribution in [2.24, 2.45) is 0 Å². The first-order valence-electron chi connectivity index (χ1n) is 5.93. The molecule has 5 nitrogen and oxygen atoms in total. The third-order valence-corrected chi connectivity index (χ3v) is 4.95. The molecule has 20 heavy (non-hydrogen) atoms. The zero-order chi connectivity index (χ0) is 14.8. The molecule has 2 heterocycles. The van der Waals surface area contributed by atoms with Gasteiger partial charge in [0.25, 0.3) is 10.0 Å². The second kappa shape index (κ2) is 5.64. The van der Waals surface area contributed by atoms with Gasteiger partial charge in [-0.05, 0) is 36.8 Å². The Morgan fingerprint density at radius 3 is 2.45 bits per heavy atom. The highest BCUT2D eigenvalue weighted by atomic mass is 32.2. The lowest BCUT2D eigenvalue weighted by molar-refractivity contribution is 0.392. The molecule has 0 N–H and O–H groups in total. The van der Waals surface area contributed by atoms with Crippen LogP contribution in [0.1, 0.15) is 18.5 Å². The number of hydrogen-bond donors (Lipinski definition) is 0. The lowest BCUT2D eigenvalue weighted by Gasteiger charge is -2.24. The predicted octanol–water partition coefficient (Wildman–Crippen LogP) is 2.00. The molecule has 0 aliphatic rings. The number of pyridine rings is 2. The highest BCUT2D eigenvalue weighted by Gasteiger charge is 2.29. The molecule has 1 atom stereocenters. The van der Waals surface area contributed by atoms with E-state index in [9.17, 15) is 12.8 Å². The first-order valence-corrected chi connectivity index (χ1v) is 7.37. The van der Waals surface area contributed by atoms with Crippen molar-refractivity contribution in [2.45, 2.75) is 18.0 Å². The summed E-state index contributed by atoms with van der Waals surface area (Å²) in [7, 11) is -2.59. The van der Waals surface area contributed by atoms with Gasteiger partial charge in [0.2, 0.25) is 5.03 Å². The number of halogens is 1. The van der Waals surface area contributed by atoms with Crippen LogP contribution >= 0.6 is 0 Å². The van der Waals surface area contributed by atoms with Crippen molar-refractivity contribution < 1.29 is 12.8 Å². The molecule has 0 saturated heterocycles. The third-order valence-electron chi connectivity index (χ3n) is 3.08. The minimum atomic E-state index is -3.99. The van der Waals surface area contributed by atoms with Crippen molar-refractivity contribution in [3.63, 3.8) is 0 Å². The zero-order valence-corrected chi connectivity index (χ0v) is 11.9. The molecule has 2 rings (SSSR count). The average molecular weight is 295 g/mol. The molecule has 2 aromatic heterocycles. The second-order valence-electron chi connectivity index (χ2n) is 4.27. The van der Waals surface area contributed by atoms with Crippen molar-refractivity contribution in [3.8, 4) is 0 Å². The molecule has 0 spiro atoms. The van der Waals surface area contributed by atoms with Crippen molar-refractivity contribution in [2.75, 3.05) is 7.05 Å². The topological polar surface area (TPSA) is 63.2 Å². The lowest BCUT2D eigenvalue weighted by Crippen LogP contribution is -2.31. The summed E-state index contributed by atoms with van der Waals surface area (Å²) in [6, 6.07) is 5.40. The van der Waals surface area contributed by atoms with E-state index in [0.717, 1.165) is 15.9 Å². The van der Waals surface area contributed by atoms with Crippen LogP contribution in [0.25, 0.3) is 0 Å². The summed E-state index contributed by atoms with van der Waals surface area (Å²) < 4.78 is 39.5. The van der Waals surface area contributed by atoms with Gasteiger partial charge in [-0.25, -0.2) is 17.8 Å². The largest absolute Gasteiger partial charge is 0.265 e. The van der Waals surface area contributed by atoms with Crippen LogP contribution in [0.2, 0.25) is 0 Å². The second-order valence-corrected chi connectivity index (χ2v) is 6.18. The van der Waals surface area contributed by atoms with E-state index in [0.29, 0.717) is 0 Å². The molecule has 7 heteroatoms. The van der Waals surface area contributed by atoms with Crippen molar-refractivity contribution in [1.29, 1.82) is 0 Å². The van der Waals surface area contributed by atoms with Crippen molar-refractivity contribution in [3.05, 3.63) is 54.2 Å². The van der Waals surface area contributed by atoms with E-state index in [1.165, 1.54) is 19.3 Å². The molecule has 0 aliphatic carbocycles. The first-order chi connectivity index (χ1) is 9.44. The molecule has 0 amide bonds. The van der Waals surface area contributed by atoms with E-state index >= 15 is 0 Å². The van der Waals surface area contributed by atoms with Crippen LogP contribution in [0, 0.1) is 5.82 Å². The minimum absolute atomic E-state index is 0.454. The summed E-state index contributed by atoms with van der Waals surface area (Å²) in [5, 5.41) is -0.566. The first kappa shape index (κ1) is 14.5. The highest BCUT2D eigenvalue weighted by molar-refractivity contribution is 7.89. The summed E-state index contributed by atoms with van der Waals surface area (Å²) in [6.45, 7) is 1.72. The van der Waals surface area contributed by atoms with Crippen LogP contribution in [0.3, 0.4) is 0 Å². The molecule has 0 fully saturated rings. The van der Waals surface area contributed by atoms with Gasteiger partial charge in [-0.15, -0.1) is 0 Å². The van der Waals surface area contributed by atoms with Gasteiger partial charge in [0.15, 0.2) is 5.82 Å². The number of sulfonamides is 1. The summed E-state index contributed by atoms with van der Waals surface area (Å²) in [4.78, 5) is 7.51. The van der Waals surface area contributed by atoms with E-state index in [4.69, 9.17) is 0 Å². The molecule has 2 aromatic rings. The van der Waals surface area contributed by atoms with Crippen LogP contribution < -0.4 is 0 Å². The number of rotatable bonds is 4. The van der Waals surface area contributed by atoms with E-state index < -0.39 is 26.9 Å². The van der Waals surface area contributed by atoms with Gasteiger partial charge in [0, 0.05) is 31.7 Å². The molecule has 0 radical (unpaired) electrons. The maximum absolute atomic E-state index is 13.6. The van der Waals surface area contributed by atoms with E-state index in [1.54, 1.807) is 31.5 Å². The van der Waals surface area contributed by atoms with Gasteiger partial charge in [-0.3, -0.25) is 4.98 Å². The molecule has 0 saturated carbocycles. The minimum Gasteiger partial charge on any atom is -0.265 e. The fourth-order valence-electron chi connectivity index (χ4n) is 1.76. The summed E-state index contributed by atoms with van der Waals surface area (Å²) in [6.07, 6.45) is 4.40. The Morgan fingerprint density at radius 1 is 1.20 bits per heavy atom. The fourth-order valence-corrected chi connectivity index (χ4v) is 3.08. The molecule has 0 bridgehead atoms. The Hall–Kier alpha value is -1.86. The van der Waals surface area contributed by atoms with Crippen LogP contribution in [0.15, 0.2) is 47.9 Å². The smallest absolute Gasteiger partial charge is 0.263 e. The summed E-state index contributed by atoms with van der Waals surface area (Å²) in [5.41, 5.74) is 0.766. The van der Waals surface area contributed by atoms with Crippen molar-refractivity contribution >= 4 is 10.0 Å². The average Bonchev–Trinajstić information content (AvgIpc) is 2.47. The lowest BCUT2D eigenvalue weighted by atomic mass is 10.1. The van der Waals surface area contributed by atoms with Crippen LogP contribution in [-0.2, 0) is 10.0 Å². The Labute approximate surface area is 117 Å². The molecule has 0 aliphatic heterocycles. The standard InChI is InChI=1S/C13H14FN3O2S/c1-10(11-5-8-15-9-6-11)17(2)20(18,19)13-12(14)4-3-7-16-13/h3-10H,1-2H3. The Balaban J connectivity index is 2.38. The van der Waals surface area contributed by atoms with Gasteiger partial charge >= 0.3 is 0 Å². The van der Waals surface area contributed by atoms with Gasteiger partial charge in [-0.1, -0.05) is 0 Å². The van der Waals surface area contributed by atoms with Gasteiger partial charge in [0.05, 0.1) is 0 Å². The molecular weight excluding hydrogens is 281 g/mol. The van der Waals surface area contributed by atoms with Gasteiger partial charge < -0.3 is 0 Å². The third kappa shape index (κ3) is 2.68. The normalized spacial score (nSPS) is 13.4. The maximum atomic E-state index is 13.6. The van der Waals surface area contributed by atoms with E-state index in [2.05, 4.69) is 9.97 Å². The molecule has 1 unspecified atom stereocenters. The van der Waals surface area contributed by atoms with Crippen molar-refractivity contribution in [1.82, 2.24) is 14.3 Å². The Kier molecular flexibility index (Phi) is 4.10. The Bertz CT molecular complexity index is 692. The van der Waals surface area contributed by atoms with Crippen LogP contribution in [0.4, 0.5) is 4.39 Å². The number of hydrogen-bond acceptors (Lipinski definition) is 4. The van der Waals surface area contributed by atoms with Gasteiger partial charge in [0.1, 0.15) is 0 Å². The summed E-state index contributed by atoms with van der Waals surface area (Å²) >= 11 is 0. The monoisotopic (exact) mass is 295 g/mol. The van der Waals surface area contributed by atoms with Gasteiger partial charge in [-0.2, -0.15) is 4.31 Å². The predicted molar refractivity (Wildman–Crippen MR) is 71.8 cm³/mol. The maximum Gasteiger partial charge on any atom is 0.263 e. The fraction of sp³-hybridized carbons (Fsp3) is 0.231. The highest BCUT2D eigenvalue weighted by Crippen LogP contribution is 2.25. The number of nitrogens with zero attached hydrogens (tertiary/aromatic N) is 3. The Morgan fingerprint density at radius 2 is 1.85 bits per heavy atom. The number of aromatic nitrogens is 2. The SMILES string of the molecule is CC(c1ccncc1)N(C)S(=O)(=O)c1ncccc1F. The molecule has 106 valence electrons. The molecule has 0 aromatic carbocycles. The zero-order valence-electron chi connectivity index (χ0n) is 11.1. The van der Waals surface area contributed by atoms with E-state index in [-0.39, 0.29) is 0 Å². The molecular formula is C13H14FN3O2S.